The molecule has 2 N–H and O–H groups in total. The molecular weight excluding hydrogens is 308 g/mol. The molecule has 1 aromatic heterocycles. The normalized spacial score (nSPS) is 18.2. The van der Waals surface area contributed by atoms with Crippen LogP contribution in [-0.4, -0.2) is 52.3 Å². The van der Waals surface area contributed by atoms with Gasteiger partial charge in [0.2, 0.25) is 0 Å². The topological polar surface area (TPSA) is 90.5 Å². The predicted octanol–water partition coefficient (Wildman–Crippen LogP) is 1.22. The maximum atomic E-state index is 12.8. The number of nitrogens with two attached hydrogens (primary N) is 1. The Hall–Kier alpha value is -2.67. The monoisotopic (exact) mass is 328 g/mol. The standard InChI is InChI=1S/C17H20N4O3/c1-12-7-9-24-10-8-20(12)17(23)14-11-15(16(18)22)21(19-14)13-5-3-2-4-6-13/h2-6,11-12H,7-10H2,1H3,(H2,18,22). The van der Waals surface area contributed by atoms with Crippen molar-refractivity contribution in [2.45, 2.75) is 19.4 Å². The number of hydrogen-bond donors (Lipinski definition) is 1. The third-order valence-corrected chi connectivity index (χ3v) is 4.13. The van der Waals surface area contributed by atoms with Gasteiger partial charge >= 0.3 is 0 Å². The van der Waals surface area contributed by atoms with Gasteiger partial charge in [-0.3, -0.25) is 9.59 Å². The van der Waals surface area contributed by atoms with Crippen LogP contribution in [0.25, 0.3) is 5.69 Å². The summed E-state index contributed by atoms with van der Waals surface area (Å²) >= 11 is 0. The molecule has 3 rings (SSSR count). The number of hydrogen-bond acceptors (Lipinski definition) is 4. The lowest BCUT2D eigenvalue weighted by molar-refractivity contribution is 0.0680. The van der Waals surface area contributed by atoms with Gasteiger partial charge in [-0.1, -0.05) is 18.2 Å². The summed E-state index contributed by atoms with van der Waals surface area (Å²) in [6.45, 7) is 3.62. The average molecular weight is 328 g/mol. The van der Waals surface area contributed by atoms with Gasteiger partial charge in [-0.2, -0.15) is 5.10 Å². The van der Waals surface area contributed by atoms with E-state index in [1.54, 1.807) is 17.0 Å². The zero-order chi connectivity index (χ0) is 17.1. The van der Waals surface area contributed by atoms with E-state index in [1.165, 1.54) is 10.7 Å². The predicted molar refractivity (Wildman–Crippen MR) is 88.0 cm³/mol. The number of nitrogens with zero attached hydrogens (tertiary/aromatic N) is 3. The second-order valence-corrected chi connectivity index (χ2v) is 5.78. The number of carbonyl (C=O) groups is 2. The van der Waals surface area contributed by atoms with Crippen molar-refractivity contribution in [3.8, 4) is 5.69 Å². The number of ether oxygens (including phenoxy) is 1. The van der Waals surface area contributed by atoms with Crippen LogP contribution in [0.2, 0.25) is 0 Å². The summed E-state index contributed by atoms with van der Waals surface area (Å²) in [5, 5.41) is 4.33. The lowest BCUT2D eigenvalue weighted by Crippen LogP contribution is -2.39. The summed E-state index contributed by atoms with van der Waals surface area (Å²) in [5.41, 5.74) is 6.52. The van der Waals surface area contributed by atoms with Crippen molar-refractivity contribution in [1.29, 1.82) is 0 Å². The first-order valence-electron chi connectivity index (χ1n) is 7.92. The van der Waals surface area contributed by atoms with Gasteiger partial charge in [-0.05, 0) is 25.5 Å². The number of rotatable bonds is 3. The number of amides is 2. The minimum Gasteiger partial charge on any atom is -0.380 e. The van der Waals surface area contributed by atoms with Gasteiger partial charge in [0.25, 0.3) is 11.8 Å². The van der Waals surface area contributed by atoms with Crippen molar-refractivity contribution in [2.75, 3.05) is 19.8 Å². The first-order valence-corrected chi connectivity index (χ1v) is 7.92. The van der Waals surface area contributed by atoms with Crippen molar-refractivity contribution in [3.63, 3.8) is 0 Å². The van der Waals surface area contributed by atoms with Crippen molar-refractivity contribution >= 4 is 11.8 Å². The largest absolute Gasteiger partial charge is 0.380 e. The molecule has 7 heteroatoms. The zero-order valence-corrected chi connectivity index (χ0v) is 13.5. The van der Waals surface area contributed by atoms with Gasteiger partial charge in [-0.15, -0.1) is 0 Å². The minimum absolute atomic E-state index is 0.0545. The summed E-state index contributed by atoms with van der Waals surface area (Å²) < 4.78 is 6.84. The van der Waals surface area contributed by atoms with Crippen LogP contribution in [-0.2, 0) is 4.74 Å². The van der Waals surface area contributed by atoms with E-state index in [1.807, 2.05) is 25.1 Å². The summed E-state index contributed by atoms with van der Waals surface area (Å²) in [7, 11) is 0. The van der Waals surface area contributed by atoms with Crippen LogP contribution < -0.4 is 5.73 Å². The molecule has 1 aliphatic rings. The molecule has 7 nitrogen and oxygen atoms in total. The maximum absolute atomic E-state index is 12.8. The summed E-state index contributed by atoms with van der Waals surface area (Å²) in [6, 6.07) is 10.6. The van der Waals surface area contributed by atoms with E-state index < -0.39 is 5.91 Å². The highest BCUT2D eigenvalue weighted by Crippen LogP contribution is 2.17. The highest BCUT2D eigenvalue weighted by molar-refractivity contribution is 5.97. The molecule has 0 aliphatic carbocycles. The first kappa shape index (κ1) is 16.2. The van der Waals surface area contributed by atoms with E-state index in [-0.39, 0.29) is 23.3 Å². The molecule has 2 amide bonds. The smallest absolute Gasteiger partial charge is 0.274 e. The van der Waals surface area contributed by atoms with Crippen molar-refractivity contribution in [3.05, 3.63) is 47.8 Å². The molecule has 1 fully saturated rings. The fourth-order valence-corrected chi connectivity index (χ4v) is 2.77. The van der Waals surface area contributed by atoms with Gasteiger partial charge in [0.15, 0.2) is 5.69 Å². The Bertz CT molecular complexity index is 742. The van der Waals surface area contributed by atoms with Gasteiger partial charge in [-0.25, -0.2) is 4.68 Å². The van der Waals surface area contributed by atoms with Crippen LogP contribution >= 0.6 is 0 Å². The van der Waals surface area contributed by atoms with Crippen molar-refractivity contribution < 1.29 is 14.3 Å². The Kier molecular flexibility index (Phi) is 4.61. The van der Waals surface area contributed by atoms with Gasteiger partial charge in [0.05, 0.1) is 12.3 Å². The van der Waals surface area contributed by atoms with Gasteiger partial charge in [0, 0.05) is 25.3 Å². The Morgan fingerprint density at radius 1 is 1.25 bits per heavy atom. The molecule has 24 heavy (non-hydrogen) atoms. The molecule has 2 heterocycles. The van der Waals surface area contributed by atoms with Gasteiger partial charge in [0.1, 0.15) is 5.69 Å². The van der Waals surface area contributed by atoms with Gasteiger partial charge < -0.3 is 15.4 Å². The van der Waals surface area contributed by atoms with Crippen LogP contribution in [0.1, 0.15) is 34.3 Å². The Morgan fingerprint density at radius 2 is 2.00 bits per heavy atom. The molecule has 1 unspecified atom stereocenters. The lowest BCUT2D eigenvalue weighted by Gasteiger charge is -2.25. The van der Waals surface area contributed by atoms with Crippen LogP contribution in [0.3, 0.4) is 0 Å². The number of benzene rings is 1. The molecule has 0 radical (unpaired) electrons. The molecule has 1 saturated heterocycles. The molecule has 2 aromatic rings. The first-order chi connectivity index (χ1) is 11.6. The second-order valence-electron chi connectivity index (χ2n) is 5.78. The van der Waals surface area contributed by atoms with Crippen LogP contribution in [0, 0.1) is 0 Å². The SMILES string of the molecule is CC1CCOCCN1C(=O)c1cc(C(N)=O)n(-c2ccccc2)n1. The third kappa shape index (κ3) is 3.16. The quantitative estimate of drug-likeness (QED) is 0.917. The molecule has 126 valence electrons. The van der Waals surface area contributed by atoms with E-state index in [9.17, 15) is 9.59 Å². The average Bonchev–Trinajstić information content (AvgIpc) is 2.93. The summed E-state index contributed by atoms with van der Waals surface area (Å²) in [6.07, 6.45) is 0.772. The number of primary amides is 1. The summed E-state index contributed by atoms with van der Waals surface area (Å²) in [5.74, 6) is -0.845. The molecular formula is C17H20N4O3. The fourth-order valence-electron chi connectivity index (χ4n) is 2.77. The Balaban J connectivity index is 1.96. The molecule has 1 aliphatic heterocycles. The highest BCUT2D eigenvalue weighted by Gasteiger charge is 2.27. The molecule has 1 aromatic carbocycles. The van der Waals surface area contributed by atoms with Crippen LogP contribution in [0.4, 0.5) is 0 Å². The van der Waals surface area contributed by atoms with Crippen molar-refractivity contribution in [1.82, 2.24) is 14.7 Å². The van der Waals surface area contributed by atoms with E-state index in [0.29, 0.717) is 25.4 Å². The van der Waals surface area contributed by atoms with E-state index in [4.69, 9.17) is 10.5 Å². The fraction of sp³-hybridized carbons (Fsp3) is 0.353. The Labute approximate surface area is 140 Å². The number of para-hydroxylation sites is 1. The molecule has 0 bridgehead atoms. The van der Waals surface area contributed by atoms with E-state index >= 15 is 0 Å². The number of aromatic nitrogens is 2. The molecule has 1 atom stereocenters. The molecule has 0 spiro atoms. The van der Waals surface area contributed by atoms with Crippen LogP contribution in [0.5, 0.6) is 0 Å². The summed E-state index contributed by atoms with van der Waals surface area (Å²) in [4.78, 5) is 26.3. The zero-order valence-electron chi connectivity index (χ0n) is 13.5. The number of carbonyl (C=O) groups excluding carboxylic acids is 2. The second kappa shape index (κ2) is 6.84. The van der Waals surface area contributed by atoms with Crippen LogP contribution in [0.15, 0.2) is 36.4 Å². The minimum atomic E-state index is -0.627. The van der Waals surface area contributed by atoms with E-state index in [0.717, 1.165) is 6.42 Å². The third-order valence-electron chi connectivity index (χ3n) is 4.13. The highest BCUT2D eigenvalue weighted by atomic mass is 16.5. The lowest BCUT2D eigenvalue weighted by atomic mass is 10.2. The molecule has 0 saturated carbocycles. The Morgan fingerprint density at radius 3 is 2.71 bits per heavy atom. The van der Waals surface area contributed by atoms with Crippen molar-refractivity contribution in [2.24, 2.45) is 5.73 Å². The van der Waals surface area contributed by atoms with E-state index in [2.05, 4.69) is 5.10 Å². The maximum Gasteiger partial charge on any atom is 0.274 e.